The first-order valence-corrected chi connectivity index (χ1v) is 5.94. The van der Waals surface area contributed by atoms with E-state index in [0.717, 1.165) is 30.8 Å². The van der Waals surface area contributed by atoms with E-state index in [4.69, 9.17) is 16.3 Å². The summed E-state index contributed by atoms with van der Waals surface area (Å²) in [5.41, 5.74) is 1.02. The fourth-order valence-corrected chi connectivity index (χ4v) is 1.95. The molecule has 0 aromatic carbocycles. The van der Waals surface area contributed by atoms with Crippen LogP contribution in [0.5, 0.6) is 0 Å². The van der Waals surface area contributed by atoms with Crippen molar-refractivity contribution >= 4 is 17.4 Å². The quantitative estimate of drug-likeness (QED) is 0.823. The predicted molar refractivity (Wildman–Crippen MR) is 63.8 cm³/mol. The third-order valence-corrected chi connectivity index (χ3v) is 2.96. The second-order valence-electron chi connectivity index (χ2n) is 4.06. The molecular weight excluding hydrogens is 226 g/mol. The van der Waals surface area contributed by atoms with Gasteiger partial charge in [0.25, 0.3) is 0 Å². The van der Waals surface area contributed by atoms with Gasteiger partial charge in [-0.05, 0) is 38.3 Å². The van der Waals surface area contributed by atoms with Crippen molar-refractivity contribution in [3.63, 3.8) is 0 Å². The van der Waals surface area contributed by atoms with Gasteiger partial charge < -0.3 is 10.1 Å². The van der Waals surface area contributed by atoms with Crippen LogP contribution in [0.15, 0.2) is 6.20 Å². The zero-order valence-electron chi connectivity index (χ0n) is 9.53. The molecule has 88 valence electrons. The predicted octanol–water partition coefficient (Wildman–Crippen LogP) is 2.42. The van der Waals surface area contributed by atoms with E-state index >= 15 is 0 Å². The highest BCUT2D eigenvalue weighted by Gasteiger charge is 2.29. The number of hydrogen-bond acceptors (Lipinski definition) is 4. The maximum Gasteiger partial charge on any atom is 0.224 e. The first kappa shape index (κ1) is 11.6. The van der Waals surface area contributed by atoms with Crippen LogP contribution in [0.4, 0.5) is 5.82 Å². The molecule has 1 aliphatic rings. The topological polar surface area (TPSA) is 47.0 Å². The molecular formula is C11H16ClN3O. The number of nitrogens with one attached hydrogen (secondary N) is 1. The van der Waals surface area contributed by atoms with Gasteiger partial charge in [0.2, 0.25) is 5.28 Å². The first-order valence-electron chi connectivity index (χ1n) is 5.56. The van der Waals surface area contributed by atoms with Crippen molar-refractivity contribution in [2.45, 2.75) is 38.8 Å². The largest absolute Gasteiger partial charge is 0.378 e. The highest BCUT2D eigenvalue weighted by atomic mass is 35.5. The Bertz CT molecular complexity index is 366. The van der Waals surface area contributed by atoms with E-state index in [2.05, 4.69) is 15.3 Å². The van der Waals surface area contributed by atoms with Gasteiger partial charge in [0.1, 0.15) is 5.82 Å². The van der Waals surface area contributed by atoms with Crippen LogP contribution in [0, 0.1) is 6.92 Å². The van der Waals surface area contributed by atoms with Crippen molar-refractivity contribution in [2.75, 3.05) is 11.9 Å². The lowest BCUT2D eigenvalue weighted by molar-refractivity contribution is 0.00291. The van der Waals surface area contributed by atoms with Gasteiger partial charge in [0, 0.05) is 24.4 Å². The Morgan fingerprint density at radius 3 is 3.00 bits per heavy atom. The molecule has 1 aromatic heterocycles. The lowest BCUT2D eigenvalue weighted by Gasteiger charge is -2.35. The Balaban J connectivity index is 1.89. The minimum absolute atomic E-state index is 0.286. The van der Waals surface area contributed by atoms with Crippen LogP contribution in [-0.2, 0) is 4.74 Å². The van der Waals surface area contributed by atoms with E-state index in [9.17, 15) is 0 Å². The minimum Gasteiger partial charge on any atom is -0.378 e. The number of halogens is 1. The monoisotopic (exact) mass is 241 g/mol. The van der Waals surface area contributed by atoms with Crippen LogP contribution >= 0.6 is 11.6 Å². The molecule has 0 bridgehead atoms. The summed E-state index contributed by atoms with van der Waals surface area (Å²) in [7, 11) is 0. The summed E-state index contributed by atoms with van der Waals surface area (Å²) in [5, 5.41) is 3.65. The number of ether oxygens (including phenoxy) is 1. The second-order valence-corrected chi connectivity index (χ2v) is 4.40. The highest BCUT2D eigenvalue weighted by Crippen LogP contribution is 2.27. The van der Waals surface area contributed by atoms with Gasteiger partial charge in [0.05, 0.1) is 6.10 Å². The number of hydrogen-bond donors (Lipinski definition) is 1. The lowest BCUT2D eigenvalue weighted by Crippen LogP contribution is -2.41. The SMILES string of the molecule is CCOC1CC(Nc2nc(Cl)ncc2C)C1. The van der Waals surface area contributed by atoms with Crippen LogP contribution in [0.25, 0.3) is 0 Å². The summed E-state index contributed by atoms with van der Waals surface area (Å²) in [6.45, 7) is 4.78. The molecule has 1 heterocycles. The molecule has 0 saturated heterocycles. The van der Waals surface area contributed by atoms with Crippen molar-refractivity contribution < 1.29 is 4.74 Å². The Labute approximate surface area is 100 Å². The van der Waals surface area contributed by atoms with Crippen molar-refractivity contribution in [1.29, 1.82) is 0 Å². The van der Waals surface area contributed by atoms with Crippen molar-refractivity contribution in [1.82, 2.24) is 9.97 Å². The zero-order chi connectivity index (χ0) is 11.5. The van der Waals surface area contributed by atoms with Gasteiger partial charge in [-0.15, -0.1) is 0 Å². The minimum atomic E-state index is 0.286. The molecule has 1 aliphatic carbocycles. The molecule has 1 saturated carbocycles. The summed E-state index contributed by atoms with van der Waals surface area (Å²) in [6.07, 6.45) is 4.21. The Kier molecular flexibility index (Phi) is 3.61. The van der Waals surface area contributed by atoms with Crippen LogP contribution < -0.4 is 5.32 Å². The zero-order valence-corrected chi connectivity index (χ0v) is 10.3. The Morgan fingerprint density at radius 1 is 1.56 bits per heavy atom. The number of aryl methyl sites for hydroxylation is 1. The van der Waals surface area contributed by atoms with E-state index in [-0.39, 0.29) is 5.28 Å². The fraction of sp³-hybridized carbons (Fsp3) is 0.636. The Morgan fingerprint density at radius 2 is 2.31 bits per heavy atom. The van der Waals surface area contributed by atoms with Gasteiger partial charge in [0.15, 0.2) is 0 Å². The van der Waals surface area contributed by atoms with E-state index < -0.39 is 0 Å². The molecule has 16 heavy (non-hydrogen) atoms. The van der Waals surface area contributed by atoms with Crippen molar-refractivity contribution in [3.8, 4) is 0 Å². The van der Waals surface area contributed by atoms with E-state index in [0.29, 0.717) is 12.1 Å². The summed E-state index contributed by atoms with van der Waals surface area (Å²) in [4.78, 5) is 8.09. The van der Waals surface area contributed by atoms with E-state index in [1.165, 1.54) is 0 Å². The molecule has 0 atom stereocenters. The van der Waals surface area contributed by atoms with E-state index in [1.807, 2.05) is 13.8 Å². The smallest absolute Gasteiger partial charge is 0.224 e. The summed E-state index contributed by atoms with van der Waals surface area (Å²) in [5.74, 6) is 0.833. The molecule has 4 nitrogen and oxygen atoms in total. The lowest BCUT2D eigenvalue weighted by atomic mass is 9.89. The molecule has 0 aliphatic heterocycles. The van der Waals surface area contributed by atoms with Crippen molar-refractivity contribution in [2.24, 2.45) is 0 Å². The average molecular weight is 242 g/mol. The fourth-order valence-electron chi connectivity index (χ4n) is 1.82. The molecule has 0 radical (unpaired) electrons. The second kappa shape index (κ2) is 4.97. The third-order valence-electron chi connectivity index (χ3n) is 2.78. The molecule has 1 aromatic rings. The van der Waals surface area contributed by atoms with Crippen LogP contribution in [0.3, 0.4) is 0 Å². The van der Waals surface area contributed by atoms with Crippen LogP contribution in [0.2, 0.25) is 5.28 Å². The molecule has 5 heteroatoms. The first-order chi connectivity index (χ1) is 7.69. The normalized spacial score (nSPS) is 23.9. The third kappa shape index (κ3) is 2.62. The number of aromatic nitrogens is 2. The van der Waals surface area contributed by atoms with Crippen molar-refractivity contribution in [3.05, 3.63) is 17.0 Å². The van der Waals surface area contributed by atoms with Crippen LogP contribution in [0.1, 0.15) is 25.3 Å². The molecule has 1 fully saturated rings. The van der Waals surface area contributed by atoms with Gasteiger partial charge in [-0.3, -0.25) is 0 Å². The van der Waals surface area contributed by atoms with Gasteiger partial charge in [-0.2, -0.15) is 0 Å². The van der Waals surface area contributed by atoms with Crippen LogP contribution in [-0.4, -0.2) is 28.7 Å². The maximum absolute atomic E-state index is 5.75. The van der Waals surface area contributed by atoms with Gasteiger partial charge in [-0.25, -0.2) is 9.97 Å². The van der Waals surface area contributed by atoms with Gasteiger partial charge >= 0.3 is 0 Å². The number of nitrogens with zero attached hydrogens (tertiary/aromatic N) is 2. The molecule has 2 rings (SSSR count). The molecule has 0 unspecified atom stereocenters. The summed E-state index contributed by atoms with van der Waals surface area (Å²) >= 11 is 5.75. The standard InChI is InChI=1S/C11H16ClN3O/c1-3-16-9-4-8(5-9)14-10-7(2)6-13-11(12)15-10/h6,8-9H,3-5H2,1-2H3,(H,13,14,15). The summed E-state index contributed by atoms with van der Waals surface area (Å²) < 4.78 is 5.50. The maximum atomic E-state index is 5.75. The highest BCUT2D eigenvalue weighted by molar-refractivity contribution is 6.28. The molecule has 1 N–H and O–H groups in total. The summed E-state index contributed by atoms with van der Waals surface area (Å²) in [6, 6.07) is 0.446. The molecule has 0 amide bonds. The van der Waals surface area contributed by atoms with Gasteiger partial charge in [-0.1, -0.05) is 0 Å². The number of rotatable bonds is 4. The Hall–Kier alpha value is -0.870. The molecule has 0 spiro atoms. The van der Waals surface area contributed by atoms with E-state index in [1.54, 1.807) is 6.20 Å². The number of anilines is 1. The average Bonchev–Trinajstić information content (AvgIpc) is 2.20.